The molecule has 0 radical (unpaired) electrons. The minimum Gasteiger partial charge on any atom is -0.463 e. The van der Waals surface area contributed by atoms with Gasteiger partial charge in [-0.25, -0.2) is 0 Å². The smallest absolute Gasteiger partial charge is 0.149 e. The van der Waals surface area contributed by atoms with E-state index in [4.69, 9.17) is 4.42 Å². The summed E-state index contributed by atoms with van der Waals surface area (Å²) in [6.45, 7) is 3.90. The van der Waals surface area contributed by atoms with Gasteiger partial charge in [0.05, 0.1) is 6.26 Å². The number of hydrazone groups is 1. The van der Waals surface area contributed by atoms with Crippen LogP contribution in [0.3, 0.4) is 0 Å². The highest BCUT2D eigenvalue weighted by atomic mass is 16.3. The molecule has 1 heterocycles. The number of nitrogens with one attached hydrogen (secondary N) is 1. The van der Waals surface area contributed by atoms with Gasteiger partial charge in [0.15, 0.2) is 0 Å². The molecular weight excluding hydrogens is 178 g/mol. The SMILES string of the molecule is CCC(=NC)N/N=C(\C)c1ccco1. The Bertz CT molecular complexity index is 325. The van der Waals surface area contributed by atoms with Crippen LogP contribution in [0.15, 0.2) is 32.9 Å². The van der Waals surface area contributed by atoms with Gasteiger partial charge in [-0.05, 0) is 19.1 Å². The van der Waals surface area contributed by atoms with Crippen LogP contribution in [-0.2, 0) is 0 Å². The Morgan fingerprint density at radius 3 is 2.86 bits per heavy atom. The van der Waals surface area contributed by atoms with Gasteiger partial charge >= 0.3 is 0 Å². The first kappa shape index (κ1) is 10.5. The molecule has 0 aliphatic heterocycles. The summed E-state index contributed by atoms with van der Waals surface area (Å²) >= 11 is 0. The topological polar surface area (TPSA) is 49.9 Å². The highest BCUT2D eigenvalue weighted by molar-refractivity contribution is 5.97. The van der Waals surface area contributed by atoms with Crippen molar-refractivity contribution in [1.82, 2.24) is 5.43 Å². The zero-order valence-corrected chi connectivity index (χ0v) is 8.74. The molecular formula is C10H15N3O. The average molecular weight is 193 g/mol. The first-order valence-electron chi connectivity index (χ1n) is 4.57. The molecule has 0 aliphatic carbocycles. The molecule has 0 spiro atoms. The number of hydrogen-bond donors (Lipinski definition) is 1. The van der Waals surface area contributed by atoms with E-state index in [2.05, 4.69) is 15.5 Å². The van der Waals surface area contributed by atoms with Gasteiger partial charge in [0.2, 0.25) is 0 Å². The largest absolute Gasteiger partial charge is 0.463 e. The molecule has 1 aromatic heterocycles. The molecule has 0 atom stereocenters. The first-order chi connectivity index (χ1) is 6.77. The summed E-state index contributed by atoms with van der Waals surface area (Å²) in [5, 5.41) is 4.15. The summed E-state index contributed by atoms with van der Waals surface area (Å²) in [4.78, 5) is 4.03. The molecule has 76 valence electrons. The van der Waals surface area contributed by atoms with Gasteiger partial charge in [0.1, 0.15) is 17.3 Å². The standard InChI is InChI=1S/C10H15N3O/c1-4-10(11-3)13-12-8(2)9-6-5-7-14-9/h5-7H,4H2,1-3H3,(H,11,13)/b12-8+. The predicted octanol–water partition coefficient (Wildman–Crippen LogP) is 2.03. The van der Waals surface area contributed by atoms with Crippen molar-refractivity contribution >= 4 is 11.5 Å². The lowest BCUT2D eigenvalue weighted by molar-refractivity contribution is 0.556. The zero-order valence-electron chi connectivity index (χ0n) is 8.74. The zero-order chi connectivity index (χ0) is 10.4. The third-order valence-electron chi connectivity index (χ3n) is 1.84. The van der Waals surface area contributed by atoms with Gasteiger partial charge in [-0.2, -0.15) is 5.10 Å². The van der Waals surface area contributed by atoms with Crippen LogP contribution in [0.2, 0.25) is 0 Å². The molecule has 0 fully saturated rings. The molecule has 0 amide bonds. The molecule has 0 saturated carbocycles. The van der Waals surface area contributed by atoms with Gasteiger partial charge in [-0.3, -0.25) is 10.4 Å². The van der Waals surface area contributed by atoms with Crippen molar-refractivity contribution < 1.29 is 4.42 Å². The van der Waals surface area contributed by atoms with Gasteiger partial charge in [-0.15, -0.1) is 0 Å². The van der Waals surface area contributed by atoms with Crippen LogP contribution in [0.1, 0.15) is 26.0 Å². The van der Waals surface area contributed by atoms with E-state index >= 15 is 0 Å². The summed E-state index contributed by atoms with van der Waals surface area (Å²) in [5.41, 5.74) is 3.69. The van der Waals surface area contributed by atoms with Crippen molar-refractivity contribution in [3.63, 3.8) is 0 Å². The number of nitrogens with zero attached hydrogens (tertiary/aromatic N) is 2. The summed E-state index contributed by atoms with van der Waals surface area (Å²) < 4.78 is 5.18. The molecule has 0 aromatic carbocycles. The van der Waals surface area contributed by atoms with E-state index in [9.17, 15) is 0 Å². The van der Waals surface area contributed by atoms with Crippen LogP contribution in [0.25, 0.3) is 0 Å². The molecule has 0 unspecified atom stereocenters. The van der Waals surface area contributed by atoms with E-state index in [-0.39, 0.29) is 0 Å². The maximum Gasteiger partial charge on any atom is 0.149 e. The molecule has 1 N–H and O–H groups in total. The second kappa shape index (κ2) is 5.21. The third kappa shape index (κ3) is 2.73. The molecule has 1 aromatic rings. The number of aliphatic imine (C=N–C) groups is 1. The van der Waals surface area contributed by atoms with Crippen LogP contribution in [0, 0.1) is 0 Å². The van der Waals surface area contributed by atoms with Gasteiger partial charge in [0, 0.05) is 13.5 Å². The number of furan rings is 1. The minimum absolute atomic E-state index is 0.768. The summed E-state index contributed by atoms with van der Waals surface area (Å²) in [6.07, 6.45) is 2.47. The quantitative estimate of drug-likeness (QED) is 0.453. The summed E-state index contributed by atoms with van der Waals surface area (Å²) in [6, 6.07) is 3.71. The Hall–Kier alpha value is -1.58. The van der Waals surface area contributed by atoms with Crippen molar-refractivity contribution in [1.29, 1.82) is 0 Å². The molecule has 1 rings (SSSR count). The second-order valence-electron chi connectivity index (χ2n) is 2.81. The Balaban J connectivity index is 2.62. The Morgan fingerprint density at radius 2 is 2.36 bits per heavy atom. The van der Waals surface area contributed by atoms with Crippen LogP contribution >= 0.6 is 0 Å². The van der Waals surface area contributed by atoms with E-state index in [1.54, 1.807) is 13.3 Å². The van der Waals surface area contributed by atoms with E-state index in [0.29, 0.717) is 0 Å². The average Bonchev–Trinajstić information content (AvgIpc) is 2.72. The summed E-state index contributed by atoms with van der Waals surface area (Å²) in [7, 11) is 1.74. The Labute approximate surface area is 83.7 Å². The fourth-order valence-electron chi connectivity index (χ4n) is 0.975. The highest BCUT2D eigenvalue weighted by Gasteiger charge is 1.99. The lowest BCUT2D eigenvalue weighted by atomic mass is 10.3. The third-order valence-corrected chi connectivity index (χ3v) is 1.84. The molecule has 4 nitrogen and oxygen atoms in total. The van der Waals surface area contributed by atoms with E-state index in [0.717, 1.165) is 23.7 Å². The van der Waals surface area contributed by atoms with Crippen molar-refractivity contribution in [2.75, 3.05) is 7.05 Å². The molecule has 4 heteroatoms. The predicted molar refractivity (Wildman–Crippen MR) is 57.7 cm³/mol. The number of rotatable bonds is 3. The van der Waals surface area contributed by atoms with E-state index < -0.39 is 0 Å². The Kier molecular flexibility index (Phi) is 3.91. The van der Waals surface area contributed by atoms with E-state index in [1.165, 1.54) is 0 Å². The van der Waals surface area contributed by atoms with Gasteiger partial charge < -0.3 is 4.42 Å². The van der Waals surface area contributed by atoms with Crippen LogP contribution < -0.4 is 5.43 Å². The normalized spacial score (nSPS) is 13.1. The van der Waals surface area contributed by atoms with Gasteiger partial charge in [0.25, 0.3) is 0 Å². The lowest BCUT2D eigenvalue weighted by Gasteiger charge is -2.01. The molecule has 0 aliphatic rings. The minimum atomic E-state index is 0.768. The van der Waals surface area contributed by atoms with Crippen LogP contribution in [0.4, 0.5) is 0 Å². The Morgan fingerprint density at radius 1 is 1.57 bits per heavy atom. The number of amidine groups is 1. The van der Waals surface area contributed by atoms with Crippen LogP contribution in [-0.4, -0.2) is 18.6 Å². The number of hydrogen-bond acceptors (Lipinski definition) is 3. The monoisotopic (exact) mass is 193 g/mol. The summed E-state index contributed by atoms with van der Waals surface area (Å²) in [5.74, 6) is 1.62. The second-order valence-corrected chi connectivity index (χ2v) is 2.81. The van der Waals surface area contributed by atoms with Gasteiger partial charge in [-0.1, -0.05) is 6.92 Å². The maximum absolute atomic E-state index is 5.18. The molecule has 0 bridgehead atoms. The first-order valence-corrected chi connectivity index (χ1v) is 4.57. The maximum atomic E-state index is 5.18. The highest BCUT2D eigenvalue weighted by Crippen LogP contribution is 2.01. The van der Waals surface area contributed by atoms with Crippen molar-refractivity contribution in [3.05, 3.63) is 24.2 Å². The fourth-order valence-corrected chi connectivity index (χ4v) is 0.975. The van der Waals surface area contributed by atoms with Crippen molar-refractivity contribution in [2.24, 2.45) is 10.1 Å². The van der Waals surface area contributed by atoms with E-state index in [1.807, 2.05) is 26.0 Å². The van der Waals surface area contributed by atoms with Crippen molar-refractivity contribution in [2.45, 2.75) is 20.3 Å². The lowest BCUT2D eigenvalue weighted by Crippen LogP contribution is -2.18. The van der Waals surface area contributed by atoms with Crippen molar-refractivity contribution in [3.8, 4) is 0 Å². The molecule has 14 heavy (non-hydrogen) atoms. The van der Waals surface area contributed by atoms with Crippen LogP contribution in [0.5, 0.6) is 0 Å². The fraction of sp³-hybridized carbons (Fsp3) is 0.400. The molecule has 0 saturated heterocycles.